The van der Waals surface area contributed by atoms with Crippen molar-refractivity contribution in [3.05, 3.63) is 57.8 Å². The number of hydrogen-bond acceptors (Lipinski definition) is 3. The molecule has 3 rings (SSSR count). The van der Waals surface area contributed by atoms with E-state index in [1.165, 1.54) is 4.88 Å². The second kappa shape index (κ2) is 7.62. The lowest BCUT2D eigenvalue weighted by molar-refractivity contribution is -0.131. The molecule has 1 aromatic carbocycles. The third kappa shape index (κ3) is 3.67. The lowest BCUT2D eigenvalue weighted by Gasteiger charge is -2.24. The maximum absolute atomic E-state index is 12.5. The van der Waals surface area contributed by atoms with Gasteiger partial charge in [-0.3, -0.25) is 9.59 Å². The normalized spacial score (nSPS) is 17.0. The molecule has 1 atom stereocenters. The zero-order valence-electron chi connectivity index (χ0n) is 13.8. The molecule has 0 aliphatic carbocycles. The van der Waals surface area contributed by atoms with Crippen molar-refractivity contribution in [3.63, 3.8) is 0 Å². The van der Waals surface area contributed by atoms with Crippen LogP contribution in [-0.2, 0) is 4.79 Å². The summed E-state index contributed by atoms with van der Waals surface area (Å²) in [4.78, 5) is 27.9. The van der Waals surface area contributed by atoms with Crippen LogP contribution < -0.4 is 5.32 Å². The molecule has 0 spiro atoms. The second-order valence-corrected chi connectivity index (χ2v) is 7.06. The van der Waals surface area contributed by atoms with Crippen LogP contribution in [0, 0.1) is 6.92 Å². The molecule has 1 saturated heterocycles. The Morgan fingerprint density at radius 2 is 2.08 bits per heavy atom. The lowest BCUT2D eigenvalue weighted by Crippen LogP contribution is -2.34. The van der Waals surface area contributed by atoms with E-state index in [4.69, 9.17) is 0 Å². The van der Waals surface area contributed by atoms with E-state index in [0.29, 0.717) is 18.5 Å². The number of benzene rings is 1. The van der Waals surface area contributed by atoms with Gasteiger partial charge in [0.1, 0.15) is 0 Å². The first-order chi connectivity index (χ1) is 11.7. The lowest BCUT2D eigenvalue weighted by atomic mass is 10.1. The number of thiophene rings is 1. The highest BCUT2D eigenvalue weighted by Crippen LogP contribution is 2.34. The van der Waals surface area contributed by atoms with Crippen molar-refractivity contribution in [2.75, 3.05) is 13.1 Å². The van der Waals surface area contributed by atoms with E-state index >= 15 is 0 Å². The Morgan fingerprint density at radius 1 is 1.25 bits per heavy atom. The summed E-state index contributed by atoms with van der Waals surface area (Å²) in [6.07, 6.45) is 2.42. The average Bonchev–Trinajstić information content (AvgIpc) is 3.26. The minimum absolute atomic E-state index is 0.114. The van der Waals surface area contributed by atoms with Crippen LogP contribution in [0.4, 0.5) is 0 Å². The number of nitrogens with one attached hydrogen (secondary N) is 1. The molecule has 126 valence electrons. The van der Waals surface area contributed by atoms with Crippen molar-refractivity contribution >= 4 is 23.2 Å². The summed E-state index contributed by atoms with van der Waals surface area (Å²) >= 11 is 1.71. The predicted molar refractivity (Wildman–Crippen MR) is 96.1 cm³/mol. The number of likely N-dealkylation sites (tertiary alicyclic amines) is 1. The zero-order valence-corrected chi connectivity index (χ0v) is 14.6. The quantitative estimate of drug-likeness (QED) is 0.903. The average molecular weight is 342 g/mol. The zero-order chi connectivity index (χ0) is 16.9. The van der Waals surface area contributed by atoms with Crippen LogP contribution in [0.5, 0.6) is 0 Å². The SMILES string of the molecule is Cc1ccccc1C(=O)NCCC(=O)N1CCCC1c1cccs1. The Balaban J connectivity index is 1.52. The van der Waals surface area contributed by atoms with Crippen molar-refractivity contribution in [2.24, 2.45) is 0 Å². The molecule has 4 nitrogen and oxygen atoms in total. The fraction of sp³-hybridized carbons (Fsp3) is 0.368. The Labute approximate surface area is 146 Å². The number of nitrogens with zero attached hydrogens (tertiary/aromatic N) is 1. The highest BCUT2D eigenvalue weighted by molar-refractivity contribution is 7.10. The number of amides is 2. The third-order valence-electron chi connectivity index (χ3n) is 4.46. The van der Waals surface area contributed by atoms with Gasteiger partial charge in [0.15, 0.2) is 0 Å². The number of aryl methyl sites for hydroxylation is 1. The van der Waals surface area contributed by atoms with E-state index in [-0.39, 0.29) is 17.9 Å². The molecule has 2 aromatic rings. The summed E-state index contributed by atoms with van der Waals surface area (Å²) in [6, 6.07) is 11.8. The van der Waals surface area contributed by atoms with Crippen LogP contribution in [0.3, 0.4) is 0 Å². The molecular formula is C19H22N2O2S. The predicted octanol–water partition coefficient (Wildman–Crippen LogP) is 3.54. The molecule has 1 aromatic heterocycles. The number of rotatable bonds is 5. The Kier molecular flexibility index (Phi) is 5.30. The molecule has 0 bridgehead atoms. The Morgan fingerprint density at radius 3 is 2.83 bits per heavy atom. The van der Waals surface area contributed by atoms with Crippen LogP contribution in [0.15, 0.2) is 41.8 Å². The Bertz CT molecular complexity index is 712. The van der Waals surface area contributed by atoms with Gasteiger partial charge in [-0.25, -0.2) is 0 Å². The smallest absolute Gasteiger partial charge is 0.251 e. The largest absolute Gasteiger partial charge is 0.352 e. The van der Waals surface area contributed by atoms with Gasteiger partial charge in [0.2, 0.25) is 5.91 Å². The van der Waals surface area contributed by atoms with Crippen LogP contribution in [0.1, 0.15) is 46.1 Å². The van der Waals surface area contributed by atoms with Crippen LogP contribution >= 0.6 is 11.3 Å². The number of carbonyl (C=O) groups excluding carboxylic acids is 2. The molecule has 1 N–H and O–H groups in total. The molecule has 1 aliphatic heterocycles. The first kappa shape index (κ1) is 16.7. The summed E-state index contributed by atoms with van der Waals surface area (Å²) in [5, 5.41) is 4.91. The Hall–Kier alpha value is -2.14. The van der Waals surface area contributed by atoms with Crippen LogP contribution in [0.25, 0.3) is 0 Å². The number of hydrogen-bond donors (Lipinski definition) is 1. The van der Waals surface area contributed by atoms with Crippen molar-refractivity contribution in [3.8, 4) is 0 Å². The molecule has 24 heavy (non-hydrogen) atoms. The summed E-state index contributed by atoms with van der Waals surface area (Å²) in [5.74, 6) is 0.00751. The van der Waals surface area contributed by atoms with Gasteiger partial charge in [-0.15, -0.1) is 11.3 Å². The molecule has 0 radical (unpaired) electrons. The van der Waals surface area contributed by atoms with Crippen molar-refractivity contribution in [1.29, 1.82) is 0 Å². The van der Waals surface area contributed by atoms with Gasteiger partial charge in [0.05, 0.1) is 6.04 Å². The van der Waals surface area contributed by atoms with E-state index in [1.54, 1.807) is 17.4 Å². The molecule has 1 fully saturated rings. The summed E-state index contributed by atoms with van der Waals surface area (Å²) in [7, 11) is 0. The maximum atomic E-state index is 12.5. The van der Waals surface area contributed by atoms with E-state index in [0.717, 1.165) is 24.9 Å². The maximum Gasteiger partial charge on any atom is 0.251 e. The van der Waals surface area contributed by atoms with Crippen molar-refractivity contribution in [1.82, 2.24) is 10.2 Å². The van der Waals surface area contributed by atoms with Crippen molar-refractivity contribution < 1.29 is 9.59 Å². The molecule has 2 amide bonds. The minimum Gasteiger partial charge on any atom is -0.352 e. The standard InChI is InChI=1S/C19H22N2O2S/c1-14-6-2-3-7-15(14)19(23)20-11-10-18(22)21-12-4-8-16(21)17-9-5-13-24-17/h2-3,5-7,9,13,16H,4,8,10-12H2,1H3,(H,20,23). The number of carbonyl (C=O) groups is 2. The van der Waals surface area contributed by atoms with Gasteiger partial charge in [-0.1, -0.05) is 24.3 Å². The minimum atomic E-state index is -0.114. The van der Waals surface area contributed by atoms with Gasteiger partial charge < -0.3 is 10.2 Å². The van der Waals surface area contributed by atoms with E-state index in [9.17, 15) is 9.59 Å². The summed E-state index contributed by atoms with van der Waals surface area (Å²) in [6.45, 7) is 3.10. The highest BCUT2D eigenvalue weighted by Gasteiger charge is 2.30. The van der Waals surface area contributed by atoms with E-state index in [1.807, 2.05) is 36.1 Å². The molecule has 2 heterocycles. The van der Waals surface area contributed by atoms with Crippen LogP contribution in [0.2, 0.25) is 0 Å². The van der Waals surface area contributed by atoms with E-state index in [2.05, 4.69) is 16.8 Å². The van der Waals surface area contributed by atoms with Gasteiger partial charge in [-0.2, -0.15) is 0 Å². The molecule has 0 saturated carbocycles. The second-order valence-electron chi connectivity index (χ2n) is 6.08. The van der Waals surface area contributed by atoms with E-state index < -0.39 is 0 Å². The first-order valence-electron chi connectivity index (χ1n) is 8.33. The van der Waals surface area contributed by atoms with Gasteiger partial charge in [-0.05, 0) is 42.8 Å². The third-order valence-corrected chi connectivity index (χ3v) is 5.43. The molecule has 5 heteroatoms. The topological polar surface area (TPSA) is 49.4 Å². The van der Waals surface area contributed by atoms with Crippen molar-refractivity contribution in [2.45, 2.75) is 32.2 Å². The highest BCUT2D eigenvalue weighted by atomic mass is 32.1. The summed E-state index contributed by atoms with van der Waals surface area (Å²) in [5.41, 5.74) is 1.61. The van der Waals surface area contributed by atoms with Gasteiger partial charge >= 0.3 is 0 Å². The molecule has 1 aliphatic rings. The van der Waals surface area contributed by atoms with Crippen LogP contribution in [-0.4, -0.2) is 29.8 Å². The monoisotopic (exact) mass is 342 g/mol. The molecular weight excluding hydrogens is 320 g/mol. The van der Waals surface area contributed by atoms with Gasteiger partial charge in [0.25, 0.3) is 5.91 Å². The van der Waals surface area contributed by atoms with Gasteiger partial charge in [0, 0.05) is 30.0 Å². The first-order valence-corrected chi connectivity index (χ1v) is 9.21. The molecule has 1 unspecified atom stereocenters. The summed E-state index contributed by atoms with van der Waals surface area (Å²) < 4.78 is 0. The fourth-order valence-electron chi connectivity index (χ4n) is 3.19. The fourth-order valence-corrected chi connectivity index (χ4v) is 4.06.